The van der Waals surface area contributed by atoms with Crippen LogP contribution in [-0.4, -0.2) is 12.4 Å². The highest BCUT2D eigenvalue weighted by Gasteiger charge is 1.93. The summed E-state index contributed by atoms with van der Waals surface area (Å²) in [6, 6.07) is 0. The number of hydrogen-bond acceptors (Lipinski definition) is 2. The summed E-state index contributed by atoms with van der Waals surface area (Å²) in [6.07, 6.45) is 5.93. The average Bonchev–Trinajstić information content (AvgIpc) is 2.13. The van der Waals surface area contributed by atoms with Crippen LogP contribution in [0.4, 0.5) is 0 Å². The Bertz CT molecular complexity index is 270. The smallest absolute Gasteiger partial charge is 0.0314 e. The van der Waals surface area contributed by atoms with Crippen molar-refractivity contribution in [3.05, 3.63) is 36.1 Å². The Balaban J connectivity index is 4.41. The standard InChI is InChI=1S/C11H16N2/c1-5-11(12)8-10(3)9(2)6-7-13-4/h6-8,12H,2,4-5H2,1,3H3/b7-6-,10-8+,12-11?. The van der Waals surface area contributed by atoms with Gasteiger partial charge in [0.15, 0.2) is 0 Å². The molecule has 0 unspecified atom stereocenters. The lowest BCUT2D eigenvalue weighted by Crippen LogP contribution is -1.90. The van der Waals surface area contributed by atoms with Crippen molar-refractivity contribution < 1.29 is 0 Å². The maximum Gasteiger partial charge on any atom is 0.0314 e. The van der Waals surface area contributed by atoms with Crippen molar-refractivity contribution in [1.29, 1.82) is 5.41 Å². The number of hydrogen-bond donors (Lipinski definition) is 1. The molecule has 70 valence electrons. The van der Waals surface area contributed by atoms with Gasteiger partial charge in [0, 0.05) is 11.9 Å². The third-order valence-electron chi connectivity index (χ3n) is 1.66. The number of nitrogens with zero attached hydrogens (tertiary/aromatic N) is 1. The van der Waals surface area contributed by atoms with Crippen molar-refractivity contribution in [2.45, 2.75) is 20.3 Å². The fraction of sp³-hybridized carbons (Fsp3) is 0.273. The maximum absolute atomic E-state index is 7.46. The second-order valence-electron chi connectivity index (χ2n) is 2.73. The normalized spacial score (nSPS) is 11.7. The molecule has 0 aromatic heterocycles. The van der Waals surface area contributed by atoms with E-state index in [4.69, 9.17) is 5.41 Å². The molecule has 0 aliphatic rings. The van der Waals surface area contributed by atoms with Gasteiger partial charge in [-0.15, -0.1) is 0 Å². The summed E-state index contributed by atoms with van der Waals surface area (Å²) >= 11 is 0. The monoisotopic (exact) mass is 176 g/mol. The van der Waals surface area contributed by atoms with Gasteiger partial charge in [-0.3, -0.25) is 4.99 Å². The molecule has 0 saturated heterocycles. The first kappa shape index (κ1) is 11.6. The van der Waals surface area contributed by atoms with Crippen LogP contribution in [0.5, 0.6) is 0 Å². The van der Waals surface area contributed by atoms with E-state index in [1.165, 1.54) is 0 Å². The van der Waals surface area contributed by atoms with Crippen molar-refractivity contribution in [2.75, 3.05) is 0 Å². The van der Waals surface area contributed by atoms with Crippen LogP contribution in [0.25, 0.3) is 0 Å². The molecule has 0 spiro atoms. The zero-order valence-corrected chi connectivity index (χ0v) is 8.30. The van der Waals surface area contributed by atoms with Crippen molar-refractivity contribution in [2.24, 2.45) is 4.99 Å². The molecule has 0 atom stereocenters. The lowest BCUT2D eigenvalue weighted by Gasteiger charge is -1.99. The first-order valence-electron chi connectivity index (χ1n) is 4.19. The van der Waals surface area contributed by atoms with Gasteiger partial charge in [-0.1, -0.05) is 13.5 Å². The van der Waals surface area contributed by atoms with E-state index >= 15 is 0 Å². The number of allylic oxidation sites excluding steroid dienone is 4. The summed E-state index contributed by atoms with van der Waals surface area (Å²) in [5.74, 6) is 0. The van der Waals surface area contributed by atoms with Gasteiger partial charge in [0.1, 0.15) is 0 Å². The summed E-state index contributed by atoms with van der Waals surface area (Å²) < 4.78 is 0. The largest absolute Gasteiger partial charge is 0.305 e. The van der Waals surface area contributed by atoms with Crippen LogP contribution in [0.1, 0.15) is 20.3 Å². The van der Waals surface area contributed by atoms with Crippen LogP contribution >= 0.6 is 0 Å². The van der Waals surface area contributed by atoms with Crippen molar-refractivity contribution in [3.8, 4) is 0 Å². The van der Waals surface area contributed by atoms with Gasteiger partial charge in [-0.25, -0.2) is 0 Å². The van der Waals surface area contributed by atoms with Crippen molar-refractivity contribution in [3.63, 3.8) is 0 Å². The average molecular weight is 176 g/mol. The molecule has 0 aliphatic heterocycles. The molecule has 0 saturated carbocycles. The van der Waals surface area contributed by atoms with E-state index in [9.17, 15) is 0 Å². The third kappa shape index (κ3) is 4.90. The van der Waals surface area contributed by atoms with E-state index in [1.54, 1.807) is 12.3 Å². The molecule has 0 amide bonds. The number of rotatable bonds is 5. The van der Waals surface area contributed by atoms with E-state index in [0.29, 0.717) is 5.71 Å². The molecular weight excluding hydrogens is 160 g/mol. The summed E-state index contributed by atoms with van der Waals surface area (Å²) in [7, 11) is 0. The fourth-order valence-corrected chi connectivity index (χ4v) is 0.730. The van der Waals surface area contributed by atoms with Gasteiger partial charge < -0.3 is 5.41 Å². The topological polar surface area (TPSA) is 36.2 Å². The molecule has 2 heteroatoms. The Labute approximate surface area is 79.9 Å². The van der Waals surface area contributed by atoms with Gasteiger partial charge in [-0.05, 0) is 43.4 Å². The van der Waals surface area contributed by atoms with Crippen LogP contribution < -0.4 is 0 Å². The third-order valence-corrected chi connectivity index (χ3v) is 1.66. The Morgan fingerprint density at radius 2 is 2.15 bits per heavy atom. The highest BCUT2D eigenvalue weighted by Crippen LogP contribution is 2.08. The van der Waals surface area contributed by atoms with Crippen LogP contribution in [0.15, 0.2) is 41.1 Å². The lowest BCUT2D eigenvalue weighted by molar-refractivity contribution is 1.25. The molecule has 0 rings (SSSR count). The molecule has 2 nitrogen and oxygen atoms in total. The van der Waals surface area contributed by atoms with Gasteiger partial charge >= 0.3 is 0 Å². The second kappa shape index (κ2) is 6.12. The molecule has 1 N–H and O–H groups in total. The Morgan fingerprint density at radius 1 is 1.54 bits per heavy atom. The summed E-state index contributed by atoms with van der Waals surface area (Å²) in [5.41, 5.74) is 2.47. The molecular formula is C11H16N2. The molecule has 0 radical (unpaired) electrons. The molecule has 0 bridgehead atoms. The summed E-state index contributed by atoms with van der Waals surface area (Å²) in [5, 5.41) is 7.46. The highest BCUT2D eigenvalue weighted by molar-refractivity contribution is 5.93. The quantitative estimate of drug-likeness (QED) is 0.493. The Morgan fingerprint density at radius 3 is 2.62 bits per heavy atom. The summed E-state index contributed by atoms with van der Waals surface area (Å²) in [4.78, 5) is 3.59. The minimum Gasteiger partial charge on any atom is -0.305 e. The highest BCUT2D eigenvalue weighted by atomic mass is 14.6. The summed E-state index contributed by atoms with van der Waals surface area (Å²) in [6.45, 7) is 11.1. The fourth-order valence-electron chi connectivity index (χ4n) is 0.730. The van der Waals surface area contributed by atoms with Crippen LogP contribution in [0.3, 0.4) is 0 Å². The van der Waals surface area contributed by atoms with Crippen LogP contribution in [0, 0.1) is 5.41 Å². The van der Waals surface area contributed by atoms with Crippen molar-refractivity contribution >= 4 is 12.4 Å². The van der Waals surface area contributed by atoms with E-state index in [2.05, 4.69) is 18.3 Å². The predicted octanol–water partition coefficient (Wildman–Crippen LogP) is 3.13. The number of nitrogens with one attached hydrogen (secondary N) is 1. The Kier molecular flexibility index (Phi) is 5.44. The molecule has 0 fully saturated rings. The van der Waals surface area contributed by atoms with Gasteiger partial charge in [0.2, 0.25) is 0 Å². The predicted molar refractivity (Wildman–Crippen MR) is 59.6 cm³/mol. The molecule has 13 heavy (non-hydrogen) atoms. The van der Waals surface area contributed by atoms with Gasteiger partial charge in [0.05, 0.1) is 0 Å². The zero-order chi connectivity index (χ0) is 10.3. The van der Waals surface area contributed by atoms with Gasteiger partial charge in [-0.2, -0.15) is 0 Å². The molecule has 0 aliphatic carbocycles. The molecule has 0 aromatic rings. The van der Waals surface area contributed by atoms with Crippen LogP contribution in [-0.2, 0) is 0 Å². The number of aliphatic imine (C=N–C) groups is 1. The van der Waals surface area contributed by atoms with Crippen LogP contribution in [0.2, 0.25) is 0 Å². The molecule has 0 heterocycles. The van der Waals surface area contributed by atoms with Crippen molar-refractivity contribution in [1.82, 2.24) is 0 Å². The SMILES string of the molecule is C=N/C=C\C(=C)/C(C)=C/C(=N)CC. The minimum atomic E-state index is 0.610. The first-order chi connectivity index (χ1) is 6.11. The second-order valence-corrected chi connectivity index (χ2v) is 2.73. The first-order valence-corrected chi connectivity index (χ1v) is 4.19. The lowest BCUT2D eigenvalue weighted by atomic mass is 10.1. The molecule has 0 aromatic carbocycles. The zero-order valence-electron chi connectivity index (χ0n) is 8.30. The maximum atomic E-state index is 7.46. The van der Waals surface area contributed by atoms with E-state index in [-0.39, 0.29) is 0 Å². The van der Waals surface area contributed by atoms with E-state index < -0.39 is 0 Å². The Hall–Kier alpha value is -1.44. The minimum absolute atomic E-state index is 0.610. The van der Waals surface area contributed by atoms with E-state index in [0.717, 1.165) is 17.6 Å². The van der Waals surface area contributed by atoms with E-state index in [1.807, 2.05) is 19.9 Å². The van der Waals surface area contributed by atoms with Gasteiger partial charge in [0.25, 0.3) is 0 Å².